The van der Waals surface area contributed by atoms with Crippen LogP contribution in [0.15, 0.2) is 18.3 Å². The van der Waals surface area contributed by atoms with Crippen molar-refractivity contribution in [2.24, 2.45) is 0 Å². The second kappa shape index (κ2) is 5.92. The van der Waals surface area contributed by atoms with Gasteiger partial charge in [0.05, 0.1) is 0 Å². The maximum absolute atomic E-state index is 4.84. The molecule has 1 aliphatic heterocycles. The van der Waals surface area contributed by atoms with Gasteiger partial charge in [-0.15, -0.1) is 0 Å². The van der Waals surface area contributed by atoms with E-state index in [0.29, 0.717) is 6.04 Å². The lowest BCUT2D eigenvalue weighted by Crippen LogP contribution is -2.31. The van der Waals surface area contributed by atoms with E-state index < -0.39 is 0 Å². The number of nitrogens with zero attached hydrogens (tertiary/aromatic N) is 4. The Morgan fingerprint density at radius 1 is 1.35 bits per heavy atom. The largest absolute Gasteiger partial charge is 0.313 e. The summed E-state index contributed by atoms with van der Waals surface area (Å²) in [4.78, 5) is 11.9. The van der Waals surface area contributed by atoms with Crippen molar-refractivity contribution < 1.29 is 0 Å². The summed E-state index contributed by atoms with van der Waals surface area (Å²) in [6, 6.07) is 4.71. The number of fused-ring (bicyclic) bond motifs is 1. The molecule has 0 aliphatic carbocycles. The molecule has 0 radical (unpaired) electrons. The van der Waals surface area contributed by atoms with Gasteiger partial charge in [-0.05, 0) is 44.5 Å². The predicted octanol–water partition coefficient (Wildman–Crippen LogP) is 2.87. The van der Waals surface area contributed by atoms with Gasteiger partial charge < -0.3 is 9.47 Å². The Labute approximate surface area is 120 Å². The van der Waals surface area contributed by atoms with Crippen molar-refractivity contribution in [3.05, 3.63) is 24.2 Å². The van der Waals surface area contributed by atoms with Crippen LogP contribution in [0.5, 0.6) is 0 Å². The Morgan fingerprint density at radius 2 is 2.25 bits per heavy atom. The predicted molar refractivity (Wildman–Crippen MR) is 81.8 cm³/mol. The standard InChI is InChI=1S/C16H24N4/c1-3-10-20-15(12-13-7-6-11-19(13)4-2)18-14-8-5-9-17-16(14)20/h5,8-9,13H,3-4,6-7,10-12H2,1-2H3. The van der Waals surface area contributed by atoms with Crippen LogP contribution in [0.3, 0.4) is 0 Å². The molecule has 20 heavy (non-hydrogen) atoms. The van der Waals surface area contributed by atoms with Gasteiger partial charge in [0.25, 0.3) is 0 Å². The van der Waals surface area contributed by atoms with E-state index >= 15 is 0 Å². The minimum absolute atomic E-state index is 0.660. The summed E-state index contributed by atoms with van der Waals surface area (Å²) in [7, 11) is 0. The van der Waals surface area contributed by atoms with E-state index in [1.165, 1.54) is 25.2 Å². The SMILES string of the molecule is CCCn1c(CC2CCCN2CC)nc2cccnc21. The van der Waals surface area contributed by atoms with Crippen molar-refractivity contribution >= 4 is 11.2 Å². The van der Waals surface area contributed by atoms with Crippen LogP contribution in [0.4, 0.5) is 0 Å². The monoisotopic (exact) mass is 272 g/mol. The number of likely N-dealkylation sites (tertiary alicyclic amines) is 1. The molecule has 0 amide bonds. The van der Waals surface area contributed by atoms with E-state index in [2.05, 4.69) is 34.4 Å². The van der Waals surface area contributed by atoms with Crippen LogP contribution in [0, 0.1) is 0 Å². The Kier molecular flexibility index (Phi) is 4.01. The van der Waals surface area contributed by atoms with Crippen LogP contribution in [0.25, 0.3) is 11.2 Å². The minimum Gasteiger partial charge on any atom is -0.313 e. The Bertz CT molecular complexity index is 575. The summed E-state index contributed by atoms with van der Waals surface area (Å²) in [5.41, 5.74) is 2.09. The fourth-order valence-corrected chi connectivity index (χ4v) is 3.37. The summed E-state index contributed by atoms with van der Waals surface area (Å²) < 4.78 is 2.32. The third-order valence-corrected chi connectivity index (χ3v) is 4.35. The van der Waals surface area contributed by atoms with Gasteiger partial charge in [-0.1, -0.05) is 13.8 Å². The Balaban J connectivity index is 1.91. The molecule has 1 unspecified atom stereocenters. The number of imidazole rings is 1. The average molecular weight is 272 g/mol. The van der Waals surface area contributed by atoms with E-state index in [0.717, 1.165) is 37.1 Å². The van der Waals surface area contributed by atoms with E-state index in [1.807, 2.05) is 12.3 Å². The number of rotatable bonds is 5. The van der Waals surface area contributed by atoms with Crippen LogP contribution in [-0.2, 0) is 13.0 Å². The molecule has 1 fully saturated rings. The van der Waals surface area contributed by atoms with Crippen molar-refractivity contribution in [2.75, 3.05) is 13.1 Å². The van der Waals surface area contributed by atoms with Crippen LogP contribution in [-0.4, -0.2) is 38.6 Å². The van der Waals surface area contributed by atoms with Crippen molar-refractivity contribution in [3.8, 4) is 0 Å². The highest BCUT2D eigenvalue weighted by Crippen LogP contribution is 2.22. The van der Waals surface area contributed by atoms with Gasteiger partial charge >= 0.3 is 0 Å². The maximum Gasteiger partial charge on any atom is 0.159 e. The molecule has 4 heteroatoms. The third-order valence-electron chi connectivity index (χ3n) is 4.35. The third kappa shape index (κ3) is 2.44. The number of pyridine rings is 1. The summed E-state index contributed by atoms with van der Waals surface area (Å²) >= 11 is 0. The lowest BCUT2D eigenvalue weighted by Gasteiger charge is -2.22. The zero-order chi connectivity index (χ0) is 13.9. The van der Waals surface area contributed by atoms with Crippen LogP contribution >= 0.6 is 0 Å². The molecule has 1 atom stereocenters. The zero-order valence-corrected chi connectivity index (χ0v) is 12.5. The van der Waals surface area contributed by atoms with Gasteiger partial charge in [0.2, 0.25) is 0 Å². The highest BCUT2D eigenvalue weighted by atomic mass is 15.2. The molecule has 2 aromatic heterocycles. The molecular formula is C16H24N4. The van der Waals surface area contributed by atoms with Crippen LogP contribution in [0.1, 0.15) is 38.9 Å². The smallest absolute Gasteiger partial charge is 0.159 e. The molecule has 0 spiro atoms. The first-order valence-corrected chi connectivity index (χ1v) is 7.87. The second-order valence-electron chi connectivity index (χ2n) is 5.65. The number of aromatic nitrogens is 3. The number of hydrogen-bond donors (Lipinski definition) is 0. The highest BCUT2D eigenvalue weighted by Gasteiger charge is 2.25. The molecule has 0 aromatic carbocycles. The molecule has 1 saturated heterocycles. The normalized spacial score (nSPS) is 20.0. The average Bonchev–Trinajstić information content (AvgIpc) is 3.05. The van der Waals surface area contributed by atoms with Crippen molar-refractivity contribution in [3.63, 3.8) is 0 Å². The molecular weight excluding hydrogens is 248 g/mol. The quantitative estimate of drug-likeness (QED) is 0.839. The van der Waals surface area contributed by atoms with Gasteiger partial charge in [0, 0.05) is 25.2 Å². The van der Waals surface area contributed by atoms with E-state index in [-0.39, 0.29) is 0 Å². The lowest BCUT2D eigenvalue weighted by molar-refractivity contribution is 0.262. The number of hydrogen-bond acceptors (Lipinski definition) is 3. The van der Waals surface area contributed by atoms with Gasteiger partial charge in [0.1, 0.15) is 11.3 Å². The Hall–Kier alpha value is -1.42. The molecule has 2 aromatic rings. The fourth-order valence-electron chi connectivity index (χ4n) is 3.37. The first kappa shape index (κ1) is 13.6. The molecule has 3 heterocycles. The minimum atomic E-state index is 0.660. The summed E-state index contributed by atoms with van der Waals surface area (Å²) in [5, 5.41) is 0. The molecule has 4 nitrogen and oxygen atoms in total. The number of aryl methyl sites for hydroxylation is 1. The highest BCUT2D eigenvalue weighted by molar-refractivity contribution is 5.71. The van der Waals surface area contributed by atoms with Crippen LogP contribution < -0.4 is 0 Å². The fraction of sp³-hybridized carbons (Fsp3) is 0.625. The number of likely N-dealkylation sites (N-methyl/N-ethyl adjacent to an activating group) is 1. The van der Waals surface area contributed by atoms with E-state index in [9.17, 15) is 0 Å². The molecule has 3 rings (SSSR count). The zero-order valence-electron chi connectivity index (χ0n) is 12.5. The maximum atomic E-state index is 4.84. The van der Waals surface area contributed by atoms with Crippen molar-refractivity contribution in [1.29, 1.82) is 0 Å². The molecule has 108 valence electrons. The van der Waals surface area contributed by atoms with Crippen LogP contribution in [0.2, 0.25) is 0 Å². The first-order valence-electron chi connectivity index (χ1n) is 7.87. The Morgan fingerprint density at radius 3 is 3.05 bits per heavy atom. The molecule has 0 saturated carbocycles. The molecule has 1 aliphatic rings. The first-order chi connectivity index (χ1) is 9.83. The molecule has 0 bridgehead atoms. The molecule has 0 N–H and O–H groups in total. The summed E-state index contributed by atoms with van der Waals surface area (Å²) in [6.45, 7) is 7.88. The summed E-state index contributed by atoms with van der Waals surface area (Å²) in [6.07, 6.45) is 6.68. The van der Waals surface area contributed by atoms with Crippen molar-refractivity contribution in [2.45, 2.75) is 52.1 Å². The van der Waals surface area contributed by atoms with Crippen molar-refractivity contribution in [1.82, 2.24) is 19.4 Å². The lowest BCUT2D eigenvalue weighted by atomic mass is 10.1. The van der Waals surface area contributed by atoms with E-state index in [4.69, 9.17) is 4.98 Å². The summed E-state index contributed by atoms with van der Waals surface area (Å²) in [5.74, 6) is 1.21. The topological polar surface area (TPSA) is 34.0 Å². The van der Waals surface area contributed by atoms with Gasteiger partial charge in [-0.2, -0.15) is 0 Å². The van der Waals surface area contributed by atoms with Gasteiger partial charge in [-0.25, -0.2) is 9.97 Å². The van der Waals surface area contributed by atoms with Gasteiger partial charge in [-0.3, -0.25) is 0 Å². The second-order valence-corrected chi connectivity index (χ2v) is 5.65. The van der Waals surface area contributed by atoms with Gasteiger partial charge in [0.15, 0.2) is 5.65 Å². The van der Waals surface area contributed by atoms with E-state index in [1.54, 1.807) is 0 Å².